The zero-order chi connectivity index (χ0) is 17.0. The van der Waals surface area contributed by atoms with Crippen molar-refractivity contribution >= 4 is 11.9 Å². The zero-order valence-corrected chi connectivity index (χ0v) is 13.7. The van der Waals surface area contributed by atoms with Crippen LogP contribution in [0.3, 0.4) is 0 Å². The molecule has 6 heteroatoms. The highest BCUT2D eigenvalue weighted by Crippen LogP contribution is 2.29. The predicted octanol–water partition coefficient (Wildman–Crippen LogP) is 1.96. The first-order valence-corrected chi connectivity index (χ1v) is 7.72. The van der Waals surface area contributed by atoms with Crippen molar-refractivity contribution in [1.82, 2.24) is 4.90 Å². The van der Waals surface area contributed by atoms with Crippen LogP contribution < -0.4 is 9.47 Å². The van der Waals surface area contributed by atoms with E-state index in [2.05, 4.69) is 0 Å². The molecule has 1 aromatic carbocycles. The number of methoxy groups -OCH3 is 2. The molecule has 0 spiro atoms. The quantitative estimate of drug-likeness (QED) is 0.867. The molecule has 2 rings (SSSR count). The second-order valence-corrected chi connectivity index (χ2v) is 5.82. The number of aliphatic carboxylic acids is 1. The second kappa shape index (κ2) is 7.35. The molecule has 0 aliphatic carbocycles. The molecular weight excluding hydrogens is 298 g/mol. The standard InChI is InChI=1S/C17H23NO5/c1-11(16(19)18-8-4-5-13(18)17(20)21)9-12-6-7-14(22-2)15(10-12)23-3/h6-7,10-11,13H,4-5,8-9H2,1-3H3,(H,20,21)/t11?,13-/m0/s1. The average molecular weight is 321 g/mol. The molecule has 1 saturated heterocycles. The van der Waals surface area contributed by atoms with Crippen LogP contribution in [0, 0.1) is 5.92 Å². The van der Waals surface area contributed by atoms with E-state index >= 15 is 0 Å². The topological polar surface area (TPSA) is 76.1 Å². The summed E-state index contributed by atoms with van der Waals surface area (Å²) in [6.07, 6.45) is 1.80. The Bertz CT molecular complexity index is 586. The maximum atomic E-state index is 12.5. The number of likely N-dealkylation sites (tertiary alicyclic amines) is 1. The fourth-order valence-electron chi connectivity index (χ4n) is 3.02. The van der Waals surface area contributed by atoms with Crippen LogP contribution >= 0.6 is 0 Å². The molecule has 1 unspecified atom stereocenters. The van der Waals surface area contributed by atoms with Gasteiger partial charge in [-0.25, -0.2) is 4.79 Å². The number of hydrogen-bond donors (Lipinski definition) is 1. The number of amides is 1. The number of hydrogen-bond acceptors (Lipinski definition) is 4. The first-order chi connectivity index (χ1) is 11.0. The number of rotatable bonds is 6. The first-order valence-electron chi connectivity index (χ1n) is 7.72. The number of nitrogens with zero attached hydrogens (tertiary/aromatic N) is 1. The minimum Gasteiger partial charge on any atom is -0.493 e. The lowest BCUT2D eigenvalue weighted by molar-refractivity contribution is -0.149. The van der Waals surface area contributed by atoms with E-state index in [-0.39, 0.29) is 11.8 Å². The number of carbonyl (C=O) groups excluding carboxylic acids is 1. The normalized spacial score (nSPS) is 18.6. The van der Waals surface area contributed by atoms with Crippen LogP contribution in [0.1, 0.15) is 25.3 Å². The fourth-order valence-corrected chi connectivity index (χ4v) is 3.02. The SMILES string of the molecule is COc1ccc(CC(C)C(=O)N2CCC[C@H]2C(=O)O)cc1OC. The Morgan fingerprint density at radius 1 is 1.30 bits per heavy atom. The Morgan fingerprint density at radius 3 is 2.61 bits per heavy atom. The molecule has 1 N–H and O–H groups in total. The Hall–Kier alpha value is -2.24. The maximum absolute atomic E-state index is 12.5. The Kier molecular flexibility index (Phi) is 5.47. The summed E-state index contributed by atoms with van der Waals surface area (Å²) >= 11 is 0. The summed E-state index contributed by atoms with van der Waals surface area (Å²) in [5.74, 6) is -0.0538. The van der Waals surface area contributed by atoms with Gasteiger partial charge in [0.15, 0.2) is 11.5 Å². The first kappa shape index (κ1) is 17.1. The van der Waals surface area contributed by atoms with Crippen molar-refractivity contribution in [2.24, 2.45) is 5.92 Å². The molecule has 1 aliphatic heterocycles. The van der Waals surface area contributed by atoms with E-state index in [1.54, 1.807) is 20.3 Å². The van der Waals surface area contributed by atoms with Crippen LogP contribution in [-0.4, -0.2) is 48.7 Å². The summed E-state index contributed by atoms with van der Waals surface area (Å²) in [4.78, 5) is 25.3. The minimum atomic E-state index is -0.922. The minimum absolute atomic E-state index is 0.107. The van der Waals surface area contributed by atoms with Crippen molar-refractivity contribution in [1.29, 1.82) is 0 Å². The highest BCUT2D eigenvalue weighted by atomic mass is 16.5. The van der Waals surface area contributed by atoms with E-state index in [4.69, 9.17) is 9.47 Å². The summed E-state index contributed by atoms with van der Waals surface area (Å²) in [6.45, 7) is 2.35. The molecule has 23 heavy (non-hydrogen) atoms. The van der Waals surface area contributed by atoms with Crippen LogP contribution in [-0.2, 0) is 16.0 Å². The summed E-state index contributed by atoms with van der Waals surface area (Å²) in [5, 5.41) is 9.21. The smallest absolute Gasteiger partial charge is 0.326 e. The largest absolute Gasteiger partial charge is 0.493 e. The van der Waals surface area contributed by atoms with Gasteiger partial charge in [-0.15, -0.1) is 0 Å². The molecular formula is C17H23NO5. The number of carboxylic acid groups (broad SMARTS) is 1. The summed E-state index contributed by atoms with van der Waals surface area (Å²) < 4.78 is 10.5. The molecule has 126 valence electrons. The van der Waals surface area contributed by atoms with Crippen LogP contribution in [0.4, 0.5) is 0 Å². The molecule has 6 nitrogen and oxygen atoms in total. The highest BCUT2D eigenvalue weighted by Gasteiger charge is 2.35. The van der Waals surface area contributed by atoms with Crippen LogP contribution in [0.5, 0.6) is 11.5 Å². The van der Waals surface area contributed by atoms with E-state index < -0.39 is 12.0 Å². The van der Waals surface area contributed by atoms with Gasteiger partial charge >= 0.3 is 5.97 Å². The summed E-state index contributed by atoms with van der Waals surface area (Å²) in [7, 11) is 3.14. The lowest BCUT2D eigenvalue weighted by Crippen LogP contribution is -2.43. The van der Waals surface area contributed by atoms with Gasteiger partial charge in [0.05, 0.1) is 14.2 Å². The van der Waals surface area contributed by atoms with E-state index in [1.165, 1.54) is 4.90 Å². The van der Waals surface area contributed by atoms with E-state index in [0.717, 1.165) is 12.0 Å². The second-order valence-electron chi connectivity index (χ2n) is 5.82. The van der Waals surface area contributed by atoms with Crippen LogP contribution in [0.15, 0.2) is 18.2 Å². The van der Waals surface area contributed by atoms with E-state index in [0.29, 0.717) is 30.9 Å². The highest BCUT2D eigenvalue weighted by molar-refractivity contribution is 5.85. The third-order valence-electron chi connectivity index (χ3n) is 4.23. The Morgan fingerprint density at radius 2 is 2.00 bits per heavy atom. The number of carbonyl (C=O) groups is 2. The molecule has 1 heterocycles. The van der Waals surface area contributed by atoms with Crippen LogP contribution in [0.2, 0.25) is 0 Å². The molecule has 0 saturated carbocycles. The van der Waals surface area contributed by atoms with Gasteiger partial charge in [0.1, 0.15) is 6.04 Å². The molecule has 0 radical (unpaired) electrons. The summed E-state index contributed by atoms with van der Waals surface area (Å²) in [5.41, 5.74) is 0.953. The lowest BCUT2D eigenvalue weighted by Gasteiger charge is -2.25. The van der Waals surface area contributed by atoms with Crippen LogP contribution in [0.25, 0.3) is 0 Å². The van der Waals surface area contributed by atoms with Gasteiger partial charge in [0.25, 0.3) is 0 Å². The molecule has 1 fully saturated rings. The van der Waals surface area contributed by atoms with Gasteiger partial charge in [0, 0.05) is 12.5 Å². The third-order valence-corrected chi connectivity index (χ3v) is 4.23. The molecule has 1 amide bonds. The summed E-state index contributed by atoms with van der Waals surface area (Å²) in [6, 6.07) is 4.86. The number of benzene rings is 1. The molecule has 0 aromatic heterocycles. The van der Waals surface area contributed by atoms with Crippen molar-refractivity contribution in [2.45, 2.75) is 32.2 Å². The Labute approximate surface area is 136 Å². The maximum Gasteiger partial charge on any atom is 0.326 e. The van der Waals surface area contributed by atoms with Gasteiger partial charge < -0.3 is 19.5 Å². The Balaban J connectivity index is 2.08. The van der Waals surface area contributed by atoms with Crippen molar-refractivity contribution in [3.63, 3.8) is 0 Å². The van der Waals surface area contributed by atoms with Gasteiger partial charge in [0.2, 0.25) is 5.91 Å². The van der Waals surface area contributed by atoms with Gasteiger partial charge in [-0.1, -0.05) is 13.0 Å². The zero-order valence-electron chi connectivity index (χ0n) is 13.7. The number of carboxylic acids is 1. The van der Waals surface area contributed by atoms with E-state index in [1.807, 2.05) is 19.1 Å². The van der Waals surface area contributed by atoms with Gasteiger partial charge in [-0.05, 0) is 37.0 Å². The predicted molar refractivity (Wildman–Crippen MR) is 84.8 cm³/mol. The monoisotopic (exact) mass is 321 g/mol. The van der Waals surface area contributed by atoms with Crippen molar-refractivity contribution in [3.05, 3.63) is 23.8 Å². The molecule has 2 atom stereocenters. The van der Waals surface area contributed by atoms with Gasteiger partial charge in [-0.2, -0.15) is 0 Å². The third kappa shape index (κ3) is 3.75. The van der Waals surface area contributed by atoms with E-state index in [9.17, 15) is 14.7 Å². The average Bonchev–Trinajstić information content (AvgIpc) is 3.03. The fraction of sp³-hybridized carbons (Fsp3) is 0.529. The molecule has 0 bridgehead atoms. The van der Waals surface area contributed by atoms with Crippen molar-refractivity contribution in [2.75, 3.05) is 20.8 Å². The lowest BCUT2D eigenvalue weighted by atomic mass is 9.99. The molecule has 1 aliphatic rings. The number of ether oxygens (including phenoxy) is 2. The van der Waals surface area contributed by atoms with Crippen molar-refractivity contribution in [3.8, 4) is 11.5 Å². The van der Waals surface area contributed by atoms with Crippen molar-refractivity contribution < 1.29 is 24.2 Å². The molecule has 1 aromatic rings. The van der Waals surface area contributed by atoms with Gasteiger partial charge in [-0.3, -0.25) is 4.79 Å².